The fourth-order valence-electron chi connectivity index (χ4n) is 3.10. The fourth-order valence-corrected chi connectivity index (χ4v) is 3.39. The second kappa shape index (κ2) is 8.07. The molecule has 27 heavy (non-hydrogen) atoms. The van der Waals surface area contributed by atoms with E-state index in [1.165, 1.54) is 5.56 Å². The first-order valence-electron chi connectivity index (χ1n) is 8.83. The lowest BCUT2D eigenvalue weighted by molar-refractivity contribution is 0.767. The van der Waals surface area contributed by atoms with Gasteiger partial charge in [0.15, 0.2) is 0 Å². The van der Waals surface area contributed by atoms with Gasteiger partial charge < -0.3 is 4.98 Å². The van der Waals surface area contributed by atoms with Gasteiger partial charge in [-0.3, -0.25) is 0 Å². The average Bonchev–Trinajstić information content (AvgIpc) is 3.07. The maximum absolute atomic E-state index is 6.06. The standard InChI is InChI=1S/C21H18Cl2N4/c22-17-6-4-14(5-7-17)2-1-3-20-24-10-15(11-25-20)8-16-12-26-21-19(16)9-18(23)13-27-21/h4-7,9-13H,1-3,8H2,(H,26,27). The monoisotopic (exact) mass is 396 g/mol. The van der Waals surface area contributed by atoms with Crippen LogP contribution in [0.25, 0.3) is 11.0 Å². The number of benzene rings is 1. The Labute approximate surface area is 167 Å². The van der Waals surface area contributed by atoms with E-state index in [0.29, 0.717) is 5.02 Å². The van der Waals surface area contributed by atoms with E-state index < -0.39 is 0 Å². The molecule has 4 nitrogen and oxygen atoms in total. The van der Waals surface area contributed by atoms with Gasteiger partial charge in [0, 0.05) is 48.0 Å². The van der Waals surface area contributed by atoms with Crippen molar-refractivity contribution in [2.24, 2.45) is 0 Å². The van der Waals surface area contributed by atoms with Gasteiger partial charge in [-0.2, -0.15) is 0 Å². The summed E-state index contributed by atoms with van der Waals surface area (Å²) in [5.41, 5.74) is 4.33. The third-order valence-electron chi connectivity index (χ3n) is 4.52. The van der Waals surface area contributed by atoms with Crippen molar-refractivity contribution in [3.8, 4) is 0 Å². The summed E-state index contributed by atoms with van der Waals surface area (Å²) in [5.74, 6) is 0.872. The van der Waals surface area contributed by atoms with Gasteiger partial charge in [0.05, 0.1) is 5.02 Å². The molecule has 3 heterocycles. The van der Waals surface area contributed by atoms with E-state index in [2.05, 4.69) is 32.1 Å². The Morgan fingerprint density at radius 3 is 2.37 bits per heavy atom. The number of nitrogens with zero attached hydrogens (tertiary/aromatic N) is 3. The molecule has 0 aliphatic rings. The summed E-state index contributed by atoms with van der Waals surface area (Å²) in [6, 6.07) is 9.91. The highest BCUT2D eigenvalue weighted by molar-refractivity contribution is 6.31. The topological polar surface area (TPSA) is 54.5 Å². The molecule has 4 rings (SSSR count). The Bertz CT molecular complexity index is 1040. The number of aryl methyl sites for hydroxylation is 2. The van der Waals surface area contributed by atoms with Crippen molar-refractivity contribution in [3.05, 3.63) is 87.7 Å². The highest BCUT2D eigenvalue weighted by Crippen LogP contribution is 2.22. The van der Waals surface area contributed by atoms with Crippen LogP contribution in [0, 0.1) is 0 Å². The molecular weight excluding hydrogens is 379 g/mol. The summed E-state index contributed by atoms with van der Waals surface area (Å²) < 4.78 is 0. The number of pyridine rings is 1. The van der Waals surface area contributed by atoms with Crippen molar-refractivity contribution in [2.75, 3.05) is 0 Å². The molecule has 4 aromatic rings. The Kier molecular flexibility index (Phi) is 5.37. The number of fused-ring (bicyclic) bond motifs is 1. The SMILES string of the molecule is Clc1ccc(CCCc2ncc(Cc3c[nH]c4ncc(Cl)cc34)cn2)cc1. The average molecular weight is 397 g/mol. The first-order chi connectivity index (χ1) is 13.2. The van der Waals surface area contributed by atoms with Gasteiger partial charge in [0.1, 0.15) is 11.5 Å². The molecule has 0 bridgehead atoms. The molecular formula is C21H18Cl2N4. The summed E-state index contributed by atoms with van der Waals surface area (Å²) in [4.78, 5) is 16.5. The van der Waals surface area contributed by atoms with Gasteiger partial charge in [-0.15, -0.1) is 0 Å². The second-order valence-electron chi connectivity index (χ2n) is 6.53. The lowest BCUT2D eigenvalue weighted by Gasteiger charge is -2.04. The molecule has 0 fully saturated rings. The minimum atomic E-state index is 0.635. The molecule has 0 atom stereocenters. The van der Waals surface area contributed by atoms with Crippen LogP contribution < -0.4 is 0 Å². The second-order valence-corrected chi connectivity index (χ2v) is 7.40. The third kappa shape index (κ3) is 4.46. The maximum Gasteiger partial charge on any atom is 0.137 e. The van der Waals surface area contributed by atoms with Gasteiger partial charge in [-0.05, 0) is 47.7 Å². The summed E-state index contributed by atoms with van der Waals surface area (Å²) in [6.07, 6.45) is 11.0. The lowest BCUT2D eigenvalue weighted by atomic mass is 10.1. The zero-order valence-electron chi connectivity index (χ0n) is 14.6. The van der Waals surface area contributed by atoms with Gasteiger partial charge in [-0.25, -0.2) is 15.0 Å². The van der Waals surface area contributed by atoms with E-state index in [9.17, 15) is 0 Å². The molecule has 0 amide bonds. The number of aromatic nitrogens is 4. The molecule has 0 spiro atoms. The van der Waals surface area contributed by atoms with Crippen molar-refractivity contribution in [2.45, 2.75) is 25.7 Å². The van der Waals surface area contributed by atoms with E-state index in [-0.39, 0.29) is 0 Å². The van der Waals surface area contributed by atoms with Crippen LogP contribution in [0.1, 0.15) is 28.9 Å². The number of aromatic amines is 1. The molecule has 0 saturated carbocycles. The first-order valence-corrected chi connectivity index (χ1v) is 9.59. The number of halogens is 2. The number of H-pyrrole nitrogens is 1. The molecule has 6 heteroatoms. The summed E-state index contributed by atoms with van der Waals surface area (Å²) >= 11 is 12.0. The lowest BCUT2D eigenvalue weighted by Crippen LogP contribution is -1.99. The van der Waals surface area contributed by atoms with Gasteiger partial charge in [-0.1, -0.05) is 35.3 Å². The first kappa shape index (κ1) is 18.0. The predicted octanol–water partition coefficient (Wildman–Crippen LogP) is 5.43. The fraction of sp³-hybridized carbons (Fsp3) is 0.190. The van der Waals surface area contributed by atoms with E-state index in [0.717, 1.165) is 58.7 Å². The van der Waals surface area contributed by atoms with Gasteiger partial charge in [0.2, 0.25) is 0 Å². The highest BCUT2D eigenvalue weighted by atomic mass is 35.5. The summed E-state index contributed by atoms with van der Waals surface area (Å²) in [5, 5.41) is 2.44. The third-order valence-corrected chi connectivity index (χ3v) is 4.97. The normalized spacial score (nSPS) is 11.2. The number of hydrogen-bond acceptors (Lipinski definition) is 3. The molecule has 3 aromatic heterocycles. The van der Waals surface area contributed by atoms with Gasteiger partial charge >= 0.3 is 0 Å². The van der Waals surface area contributed by atoms with Crippen molar-refractivity contribution < 1.29 is 0 Å². The highest BCUT2D eigenvalue weighted by Gasteiger charge is 2.07. The smallest absolute Gasteiger partial charge is 0.137 e. The largest absolute Gasteiger partial charge is 0.346 e. The zero-order chi connectivity index (χ0) is 18.6. The van der Waals surface area contributed by atoms with Crippen LogP contribution in [0.5, 0.6) is 0 Å². The molecule has 0 aliphatic heterocycles. The van der Waals surface area contributed by atoms with Crippen molar-refractivity contribution in [1.29, 1.82) is 0 Å². The van der Waals surface area contributed by atoms with Crippen LogP contribution in [0.4, 0.5) is 0 Å². The predicted molar refractivity (Wildman–Crippen MR) is 109 cm³/mol. The number of rotatable bonds is 6. The van der Waals surface area contributed by atoms with Crippen LogP contribution in [0.15, 0.2) is 55.1 Å². The molecule has 0 saturated heterocycles. The number of nitrogens with one attached hydrogen (secondary N) is 1. The summed E-state index contributed by atoms with van der Waals surface area (Å²) in [7, 11) is 0. The molecule has 0 aliphatic carbocycles. The molecule has 1 aromatic carbocycles. The van der Waals surface area contributed by atoms with Crippen molar-refractivity contribution in [1.82, 2.24) is 19.9 Å². The molecule has 0 radical (unpaired) electrons. The van der Waals surface area contributed by atoms with Crippen LogP contribution in [0.3, 0.4) is 0 Å². The van der Waals surface area contributed by atoms with Crippen LogP contribution in [-0.2, 0) is 19.3 Å². The van der Waals surface area contributed by atoms with Gasteiger partial charge in [0.25, 0.3) is 0 Å². The minimum Gasteiger partial charge on any atom is -0.346 e. The van der Waals surface area contributed by atoms with Crippen LogP contribution in [0.2, 0.25) is 10.0 Å². The quantitative estimate of drug-likeness (QED) is 0.472. The van der Waals surface area contributed by atoms with Crippen molar-refractivity contribution in [3.63, 3.8) is 0 Å². The van der Waals surface area contributed by atoms with Crippen LogP contribution >= 0.6 is 23.2 Å². The Morgan fingerprint density at radius 2 is 1.59 bits per heavy atom. The Morgan fingerprint density at radius 1 is 0.815 bits per heavy atom. The van der Waals surface area contributed by atoms with E-state index in [4.69, 9.17) is 23.2 Å². The minimum absolute atomic E-state index is 0.635. The molecule has 1 N–H and O–H groups in total. The van der Waals surface area contributed by atoms with Crippen LogP contribution in [-0.4, -0.2) is 19.9 Å². The molecule has 0 unspecified atom stereocenters. The van der Waals surface area contributed by atoms with E-state index in [1.54, 1.807) is 6.20 Å². The Balaban J connectivity index is 1.37. The molecule has 136 valence electrons. The number of hydrogen-bond donors (Lipinski definition) is 1. The maximum atomic E-state index is 6.06. The summed E-state index contributed by atoms with van der Waals surface area (Å²) in [6.45, 7) is 0. The Hall–Kier alpha value is -2.43. The zero-order valence-corrected chi connectivity index (χ0v) is 16.1. The van der Waals surface area contributed by atoms with Crippen molar-refractivity contribution >= 4 is 34.2 Å². The van der Waals surface area contributed by atoms with E-state index in [1.807, 2.05) is 36.8 Å². The van der Waals surface area contributed by atoms with E-state index >= 15 is 0 Å².